The molecule has 0 fully saturated rings. The summed E-state index contributed by atoms with van der Waals surface area (Å²) in [7, 11) is 0. The molecular formula is C7H8IN. The zero-order chi connectivity index (χ0) is 6.85. The van der Waals surface area contributed by atoms with Crippen LogP contribution in [0.5, 0.6) is 0 Å². The molecule has 1 nitrogen and oxygen atoms in total. The maximum atomic E-state index is 5.61. The van der Waals surface area contributed by atoms with Gasteiger partial charge in [0, 0.05) is 9.26 Å². The highest BCUT2D eigenvalue weighted by atomic mass is 127. The summed E-state index contributed by atoms with van der Waals surface area (Å²) < 4.78 is 1.12. The van der Waals surface area contributed by atoms with Gasteiger partial charge in [0.2, 0.25) is 0 Å². The van der Waals surface area contributed by atoms with E-state index in [9.17, 15) is 0 Å². The van der Waals surface area contributed by atoms with Crippen LogP contribution in [0.4, 0.5) is 5.69 Å². The first-order valence-corrected chi connectivity index (χ1v) is 3.79. The third kappa shape index (κ3) is 1.58. The Morgan fingerprint density at radius 1 is 1.44 bits per heavy atom. The summed E-state index contributed by atoms with van der Waals surface area (Å²) in [5, 5.41) is 0. The third-order valence-corrected chi connectivity index (χ3v) is 2.13. The van der Waals surface area contributed by atoms with E-state index in [2.05, 4.69) is 28.7 Å². The van der Waals surface area contributed by atoms with Gasteiger partial charge in [0.05, 0.1) is 0 Å². The summed E-state index contributed by atoms with van der Waals surface area (Å²) >= 11 is 2.22. The second-order valence-corrected chi connectivity index (χ2v) is 3.19. The summed E-state index contributed by atoms with van der Waals surface area (Å²) in [6.07, 6.45) is 0. The normalized spacial score (nSPS) is 9.56. The van der Waals surface area contributed by atoms with Gasteiger partial charge in [-0.15, -0.1) is 0 Å². The summed E-state index contributed by atoms with van der Waals surface area (Å²) in [4.78, 5) is 0. The molecule has 9 heavy (non-hydrogen) atoms. The van der Waals surface area contributed by atoms with Gasteiger partial charge >= 0.3 is 0 Å². The van der Waals surface area contributed by atoms with Gasteiger partial charge in [-0.05, 0) is 47.2 Å². The molecule has 0 aliphatic rings. The molecule has 0 amide bonds. The molecule has 1 rings (SSSR count). The minimum atomic E-state index is 0.871. The molecule has 1 aromatic rings. The van der Waals surface area contributed by atoms with Crippen molar-refractivity contribution in [2.75, 3.05) is 5.73 Å². The van der Waals surface area contributed by atoms with Crippen LogP contribution in [0.3, 0.4) is 0 Å². The van der Waals surface area contributed by atoms with Gasteiger partial charge in [0.25, 0.3) is 0 Å². The zero-order valence-electron chi connectivity index (χ0n) is 5.19. The molecule has 0 spiro atoms. The van der Waals surface area contributed by atoms with Crippen molar-refractivity contribution in [3.05, 3.63) is 27.3 Å². The maximum Gasteiger partial charge on any atom is 0.0452 e. The number of hydrogen-bond donors (Lipinski definition) is 1. The number of aryl methyl sites for hydroxylation is 1. The van der Waals surface area contributed by atoms with E-state index in [0.717, 1.165) is 9.26 Å². The predicted molar refractivity (Wildman–Crippen MR) is 48.3 cm³/mol. The molecule has 2 N–H and O–H groups in total. The number of halogens is 1. The van der Waals surface area contributed by atoms with E-state index in [-0.39, 0.29) is 0 Å². The van der Waals surface area contributed by atoms with Crippen LogP contribution in [0.2, 0.25) is 0 Å². The lowest BCUT2D eigenvalue weighted by Crippen LogP contribution is -1.88. The predicted octanol–water partition coefficient (Wildman–Crippen LogP) is 2.18. The smallest absolute Gasteiger partial charge is 0.0452 e. The van der Waals surface area contributed by atoms with E-state index < -0.39 is 0 Å². The monoisotopic (exact) mass is 233 g/mol. The van der Waals surface area contributed by atoms with Crippen LogP contribution in [-0.2, 0) is 0 Å². The van der Waals surface area contributed by atoms with Gasteiger partial charge in [-0.3, -0.25) is 0 Å². The van der Waals surface area contributed by atoms with Crippen molar-refractivity contribution in [2.45, 2.75) is 6.92 Å². The van der Waals surface area contributed by atoms with E-state index in [1.165, 1.54) is 5.56 Å². The topological polar surface area (TPSA) is 26.0 Å². The van der Waals surface area contributed by atoms with Crippen LogP contribution >= 0.6 is 22.6 Å². The Hall–Kier alpha value is -0.250. The van der Waals surface area contributed by atoms with E-state index >= 15 is 0 Å². The van der Waals surface area contributed by atoms with Gasteiger partial charge < -0.3 is 5.73 Å². The molecule has 0 unspecified atom stereocenters. The van der Waals surface area contributed by atoms with Crippen LogP contribution in [0.25, 0.3) is 0 Å². The lowest BCUT2D eigenvalue weighted by molar-refractivity contribution is 1.46. The van der Waals surface area contributed by atoms with E-state index in [1.807, 2.05) is 19.1 Å². The Morgan fingerprint density at radius 3 is 2.56 bits per heavy atom. The standard InChI is InChI=1S/C7H8IN/c1-5-2-3-6(8)7(9)4-5/h2-4H,9H2,1H3. The first kappa shape index (κ1) is 6.86. The van der Waals surface area contributed by atoms with E-state index in [1.54, 1.807) is 0 Å². The first-order chi connectivity index (χ1) is 4.20. The highest BCUT2D eigenvalue weighted by Crippen LogP contribution is 2.14. The van der Waals surface area contributed by atoms with Crippen molar-refractivity contribution in [3.63, 3.8) is 0 Å². The highest BCUT2D eigenvalue weighted by Gasteiger charge is 1.91. The summed E-state index contributed by atoms with van der Waals surface area (Å²) in [6.45, 7) is 2.03. The van der Waals surface area contributed by atoms with E-state index in [4.69, 9.17) is 5.73 Å². The van der Waals surface area contributed by atoms with Crippen LogP contribution in [-0.4, -0.2) is 0 Å². The van der Waals surface area contributed by atoms with Crippen LogP contribution in [0.15, 0.2) is 18.2 Å². The molecule has 0 bridgehead atoms. The molecule has 1 aromatic carbocycles. The Bertz CT molecular complexity index is 220. The number of anilines is 1. The minimum Gasteiger partial charge on any atom is -0.398 e. The average molecular weight is 233 g/mol. The largest absolute Gasteiger partial charge is 0.398 e. The number of hydrogen-bond acceptors (Lipinski definition) is 1. The number of nitrogens with two attached hydrogens (primary N) is 1. The first-order valence-electron chi connectivity index (χ1n) is 2.72. The van der Waals surface area contributed by atoms with Gasteiger partial charge in [-0.1, -0.05) is 6.07 Å². The molecule has 0 heterocycles. The van der Waals surface area contributed by atoms with E-state index in [0.29, 0.717) is 0 Å². The molecule has 0 aliphatic carbocycles. The van der Waals surface area contributed by atoms with Crippen molar-refractivity contribution in [1.82, 2.24) is 0 Å². The second-order valence-electron chi connectivity index (χ2n) is 2.02. The molecule has 0 aromatic heterocycles. The molecule has 0 atom stereocenters. The Morgan fingerprint density at radius 2 is 2.11 bits per heavy atom. The Kier molecular flexibility index (Phi) is 1.95. The van der Waals surface area contributed by atoms with Crippen LogP contribution in [0.1, 0.15) is 5.56 Å². The number of benzene rings is 1. The van der Waals surface area contributed by atoms with Crippen molar-refractivity contribution in [2.24, 2.45) is 0 Å². The maximum absolute atomic E-state index is 5.61. The summed E-state index contributed by atoms with van der Waals surface area (Å²) in [5.41, 5.74) is 7.70. The van der Waals surface area contributed by atoms with Gasteiger partial charge in [-0.25, -0.2) is 0 Å². The molecule has 48 valence electrons. The quantitative estimate of drug-likeness (QED) is 0.539. The molecule has 2 heteroatoms. The fourth-order valence-corrected chi connectivity index (χ4v) is 0.999. The third-order valence-electron chi connectivity index (χ3n) is 1.15. The minimum absolute atomic E-state index is 0.871. The lowest BCUT2D eigenvalue weighted by Gasteiger charge is -1.96. The fraction of sp³-hybridized carbons (Fsp3) is 0.143. The number of rotatable bonds is 0. The molecular weight excluding hydrogens is 225 g/mol. The Labute approximate surface area is 68.4 Å². The molecule has 0 aliphatic heterocycles. The lowest BCUT2D eigenvalue weighted by atomic mass is 10.2. The SMILES string of the molecule is Cc1ccc(I)c(N)c1. The van der Waals surface area contributed by atoms with Gasteiger partial charge in [-0.2, -0.15) is 0 Å². The second kappa shape index (κ2) is 2.56. The van der Waals surface area contributed by atoms with Crippen molar-refractivity contribution < 1.29 is 0 Å². The summed E-state index contributed by atoms with van der Waals surface area (Å²) in [6, 6.07) is 6.05. The van der Waals surface area contributed by atoms with Crippen molar-refractivity contribution >= 4 is 28.3 Å². The summed E-state index contributed by atoms with van der Waals surface area (Å²) in [5.74, 6) is 0. The van der Waals surface area contributed by atoms with Crippen LogP contribution < -0.4 is 5.73 Å². The molecule has 0 saturated heterocycles. The fourth-order valence-electron chi connectivity index (χ4n) is 0.663. The van der Waals surface area contributed by atoms with Crippen molar-refractivity contribution in [3.8, 4) is 0 Å². The van der Waals surface area contributed by atoms with Gasteiger partial charge in [0.1, 0.15) is 0 Å². The Balaban J connectivity index is 3.17. The zero-order valence-corrected chi connectivity index (χ0v) is 7.34. The highest BCUT2D eigenvalue weighted by molar-refractivity contribution is 14.1. The van der Waals surface area contributed by atoms with Crippen molar-refractivity contribution in [1.29, 1.82) is 0 Å². The van der Waals surface area contributed by atoms with Gasteiger partial charge in [0.15, 0.2) is 0 Å². The van der Waals surface area contributed by atoms with Crippen LogP contribution in [0, 0.1) is 10.5 Å². The average Bonchev–Trinajstić information content (AvgIpc) is 1.80. The molecule has 0 radical (unpaired) electrons. The molecule has 0 saturated carbocycles. The number of nitrogen functional groups attached to an aromatic ring is 1.